The van der Waals surface area contributed by atoms with Crippen molar-refractivity contribution in [3.63, 3.8) is 0 Å². The molecule has 1 amide bonds. The Morgan fingerprint density at radius 2 is 2.12 bits per heavy atom. The molecule has 0 fully saturated rings. The number of rotatable bonds is 8. The highest BCUT2D eigenvalue weighted by molar-refractivity contribution is 5.83. The molecule has 94 valence electrons. The van der Waals surface area contributed by atoms with Crippen LogP contribution in [0.5, 0.6) is 0 Å². The molecule has 0 radical (unpaired) electrons. The van der Waals surface area contributed by atoms with Crippen molar-refractivity contribution in [1.82, 2.24) is 5.32 Å². The van der Waals surface area contributed by atoms with Crippen molar-refractivity contribution in [2.24, 2.45) is 5.73 Å². The van der Waals surface area contributed by atoms with Crippen LogP contribution in [0, 0.1) is 0 Å². The molecule has 0 spiro atoms. The van der Waals surface area contributed by atoms with Crippen molar-refractivity contribution in [2.45, 2.75) is 38.3 Å². The number of carbonyl (C=O) groups excluding carboxylic acids is 1. The van der Waals surface area contributed by atoms with E-state index in [9.17, 15) is 9.59 Å². The second kappa shape index (κ2) is 8.06. The van der Waals surface area contributed by atoms with Gasteiger partial charge in [0.05, 0.1) is 12.5 Å². The molecule has 2 unspecified atom stereocenters. The van der Waals surface area contributed by atoms with Crippen LogP contribution in [-0.2, 0) is 14.3 Å². The highest BCUT2D eigenvalue weighted by Crippen LogP contribution is 2.00. The van der Waals surface area contributed by atoms with Crippen LogP contribution in [0.25, 0.3) is 0 Å². The molecule has 0 saturated heterocycles. The second-order valence-electron chi connectivity index (χ2n) is 3.54. The van der Waals surface area contributed by atoms with E-state index in [1.807, 2.05) is 6.92 Å². The molecule has 0 aromatic carbocycles. The zero-order chi connectivity index (χ0) is 12.6. The zero-order valence-electron chi connectivity index (χ0n) is 9.73. The van der Waals surface area contributed by atoms with Crippen LogP contribution in [-0.4, -0.2) is 42.8 Å². The van der Waals surface area contributed by atoms with Crippen LogP contribution < -0.4 is 11.1 Å². The van der Waals surface area contributed by atoms with E-state index >= 15 is 0 Å². The highest BCUT2D eigenvalue weighted by Gasteiger charge is 2.20. The normalized spacial score (nSPS) is 14.2. The van der Waals surface area contributed by atoms with Gasteiger partial charge in [0.1, 0.15) is 6.04 Å². The fourth-order valence-electron chi connectivity index (χ4n) is 1.27. The smallest absolute Gasteiger partial charge is 0.326 e. The number of nitrogens with one attached hydrogen (secondary N) is 1. The van der Waals surface area contributed by atoms with Gasteiger partial charge in [0, 0.05) is 13.7 Å². The molecule has 0 aliphatic heterocycles. The lowest BCUT2D eigenvalue weighted by Gasteiger charge is -2.16. The lowest BCUT2D eigenvalue weighted by molar-refractivity contribution is -0.142. The molecule has 0 rings (SSSR count). The quantitative estimate of drug-likeness (QED) is 0.534. The van der Waals surface area contributed by atoms with Gasteiger partial charge in [-0.3, -0.25) is 4.79 Å². The SMILES string of the molecule is CCCC(NC(=O)CC(CN)OC)C(=O)O. The molecule has 2 atom stereocenters. The van der Waals surface area contributed by atoms with Gasteiger partial charge in [-0.25, -0.2) is 4.79 Å². The molecule has 0 bridgehead atoms. The summed E-state index contributed by atoms with van der Waals surface area (Å²) < 4.78 is 4.94. The van der Waals surface area contributed by atoms with E-state index in [4.69, 9.17) is 15.6 Å². The van der Waals surface area contributed by atoms with E-state index in [0.717, 1.165) is 0 Å². The van der Waals surface area contributed by atoms with Crippen LogP contribution in [0.1, 0.15) is 26.2 Å². The summed E-state index contributed by atoms with van der Waals surface area (Å²) >= 11 is 0. The minimum absolute atomic E-state index is 0.0838. The monoisotopic (exact) mass is 232 g/mol. The molecule has 6 nitrogen and oxygen atoms in total. The van der Waals surface area contributed by atoms with Gasteiger partial charge < -0.3 is 20.9 Å². The van der Waals surface area contributed by atoms with Gasteiger partial charge in [0.25, 0.3) is 0 Å². The number of carbonyl (C=O) groups is 2. The first-order chi connectivity index (χ1) is 7.54. The minimum Gasteiger partial charge on any atom is -0.480 e. The Kier molecular flexibility index (Phi) is 7.49. The number of nitrogens with two attached hydrogens (primary N) is 1. The number of hydrogen-bond acceptors (Lipinski definition) is 4. The van der Waals surface area contributed by atoms with E-state index in [2.05, 4.69) is 5.32 Å². The molecule has 0 heterocycles. The molecule has 0 aromatic rings. The first-order valence-electron chi connectivity index (χ1n) is 5.30. The lowest BCUT2D eigenvalue weighted by Crippen LogP contribution is -2.42. The Morgan fingerprint density at radius 1 is 1.50 bits per heavy atom. The number of hydrogen-bond donors (Lipinski definition) is 3. The van der Waals surface area contributed by atoms with Crippen LogP contribution in [0.3, 0.4) is 0 Å². The fraction of sp³-hybridized carbons (Fsp3) is 0.800. The number of amides is 1. The van der Waals surface area contributed by atoms with Crippen LogP contribution in [0.4, 0.5) is 0 Å². The number of carboxylic acid groups (broad SMARTS) is 1. The van der Waals surface area contributed by atoms with E-state index in [1.165, 1.54) is 7.11 Å². The molecule has 6 heteroatoms. The van der Waals surface area contributed by atoms with Gasteiger partial charge in [-0.05, 0) is 6.42 Å². The number of ether oxygens (including phenoxy) is 1. The van der Waals surface area contributed by atoms with Gasteiger partial charge in [-0.1, -0.05) is 13.3 Å². The summed E-state index contributed by atoms with van der Waals surface area (Å²) in [6, 6.07) is -0.826. The number of methoxy groups -OCH3 is 1. The molecule has 16 heavy (non-hydrogen) atoms. The summed E-state index contributed by atoms with van der Waals surface area (Å²) in [6.07, 6.45) is 0.833. The van der Waals surface area contributed by atoms with Crippen LogP contribution in [0.15, 0.2) is 0 Å². The zero-order valence-corrected chi connectivity index (χ0v) is 9.73. The Hall–Kier alpha value is -1.14. The molecule has 0 aliphatic carbocycles. The summed E-state index contributed by atoms with van der Waals surface area (Å²) in [6.45, 7) is 2.09. The van der Waals surface area contributed by atoms with Crippen molar-refractivity contribution in [3.8, 4) is 0 Å². The third kappa shape index (κ3) is 5.67. The van der Waals surface area contributed by atoms with E-state index in [0.29, 0.717) is 12.8 Å². The number of carboxylic acids is 1. The summed E-state index contributed by atoms with van der Waals surface area (Å²) in [4.78, 5) is 22.2. The van der Waals surface area contributed by atoms with Crippen molar-refractivity contribution in [2.75, 3.05) is 13.7 Å². The predicted octanol–water partition coefficient (Wildman–Crippen LogP) is -0.280. The first kappa shape index (κ1) is 14.9. The maximum atomic E-state index is 11.5. The third-order valence-electron chi connectivity index (χ3n) is 2.22. The Balaban J connectivity index is 4.13. The van der Waals surface area contributed by atoms with E-state index < -0.39 is 12.0 Å². The highest BCUT2D eigenvalue weighted by atomic mass is 16.5. The van der Waals surface area contributed by atoms with Gasteiger partial charge in [-0.15, -0.1) is 0 Å². The maximum Gasteiger partial charge on any atom is 0.326 e. The topological polar surface area (TPSA) is 102 Å². The second-order valence-corrected chi connectivity index (χ2v) is 3.54. The Bertz CT molecular complexity index is 229. The van der Waals surface area contributed by atoms with Crippen LogP contribution in [0.2, 0.25) is 0 Å². The van der Waals surface area contributed by atoms with Gasteiger partial charge >= 0.3 is 5.97 Å². The molecule has 0 aliphatic rings. The standard InChI is InChI=1S/C10H20N2O4/c1-3-4-8(10(14)15)12-9(13)5-7(6-11)16-2/h7-8H,3-6,11H2,1-2H3,(H,12,13)(H,14,15). The molecule has 0 aromatic heterocycles. The summed E-state index contributed by atoms with van der Waals surface area (Å²) in [5.41, 5.74) is 5.36. The summed E-state index contributed by atoms with van der Waals surface area (Å²) in [7, 11) is 1.46. The largest absolute Gasteiger partial charge is 0.480 e. The summed E-state index contributed by atoms with van der Waals surface area (Å²) in [5.74, 6) is -1.37. The van der Waals surface area contributed by atoms with Gasteiger partial charge in [0.2, 0.25) is 5.91 Å². The molecule has 0 saturated carbocycles. The van der Waals surface area contributed by atoms with Crippen molar-refractivity contribution in [3.05, 3.63) is 0 Å². The van der Waals surface area contributed by atoms with Gasteiger partial charge in [0.15, 0.2) is 0 Å². The third-order valence-corrected chi connectivity index (χ3v) is 2.22. The van der Waals surface area contributed by atoms with Crippen LogP contribution >= 0.6 is 0 Å². The van der Waals surface area contributed by atoms with E-state index in [1.54, 1.807) is 0 Å². The van der Waals surface area contributed by atoms with Crippen molar-refractivity contribution in [1.29, 1.82) is 0 Å². The lowest BCUT2D eigenvalue weighted by atomic mass is 10.1. The fourth-order valence-corrected chi connectivity index (χ4v) is 1.27. The molecule has 4 N–H and O–H groups in total. The Morgan fingerprint density at radius 3 is 2.50 bits per heavy atom. The average Bonchev–Trinajstić information content (AvgIpc) is 2.25. The van der Waals surface area contributed by atoms with Gasteiger partial charge in [-0.2, -0.15) is 0 Å². The Labute approximate surface area is 95.1 Å². The van der Waals surface area contributed by atoms with E-state index in [-0.39, 0.29) is 25.0 Å². The molecular weight excluding hydrogens is 212 g/mol. The molecular formula is C10H20N2O4. The van der Waals surface area contributed by atoms with Crippen molar-refractivity contribution >= 4 is 11.9 Å². The average molecular weight is 232 g/mol. The number of aliphatic carboxylic acids is 1. The van der Waals surface area contributed by atoms with Crippen molar-refractivity contribution < 1.29 is 19.4 Å². The summed E-state index contributed by atoms with van der Waals surface area (Å²) in [5, 5.41) is 11.3. The predicted molar refractivity (Wildman–Crippen MR) is 58.9 cm³/mol. The minimum atomic E-state index is -1.02. The first-order valence-corrected chi connectivity index (χ1v) is 5.30. The maximum absolute atomic E-state index is 11.5.